The lowest BCUT2D eigenvalue weighted by Gasteiger charge is -2.08. The third-order valence-electron chi connectivity index (χ3n) is 2.82. The van der Waals surface area contributed by atoms with Gasteiger partial charge in [0.1, 0.15) is 5.78 Å². The maximum atomic E-state index is 12.6. The van der Waals surface area contributed by atoms with Crippen molar-refractivity contribution in [1.82, 2.24) is 9.78 Å². The van der Waals surface area contributed by atoms with Crippen molar-refractivity contribution in [1.29, 1.82) is 0 Å². The van der Waals surface area contributed by atoms with E-state index in [9.17, 15) is 18.0 Å². The maximum absolute atomic E-state index is 12.6. The number of rotatable bonds is 4. The number of benzene rings is 1. The van der Waals surface area contributed by atoms with Crippen LogP contribution < -0.4 is 0 Å². The highest BCUT2D eigenvalue weighted by Crippen LogP contribution is 2.29. The summed E-state index contributed by atoms with van der Waals surface area (Å²) in [6.07, 6.45) is -0.945. The molecule has 6 heteroatoms. The maximum Gasteiger partial charge on any atom is 0.416 e. The van der Waals surface area contributed by atoms with Crippen molar-refractivity contribution in [3.05, 3.63) is 53.3 Å². The first-order valence-corrected chi connectivity index (χ1v) is 6.00. The Kier molecular flexibility index (Phi) is 3.92. The molecule has 0 saturated carbocycles. The van der Waals surface area contributed by atoms with Crippen molar-refractivity contribution < 1.29 is 18.0 Å². The summed E-state index contributed by atoms with van der Waals surface area (Å²) in [6.45, 7) is 0. The Morgan fingerprint density at radius 2 is 1.95 bits per heavy atom. The molecule has 0 bridgehead atoms. The molecule has 1 heterocycles. The number of halogens is 3. The third kappa shape index (κ3) is 3.69. The highest BCUT2D eigenvalue weighted by Gasteiger charge is 2.30. The van der Waals surface area contributed by atoms with Crippen LogP contribution in [0.4, 0.5) is 13.2 Å². The summed E-state index contributed by atoms with van der Waals surface area (Å²) in [4.78, 5) is 11.8. The fraction of sp³-hybridized carbons (Fsp3) is 0.286. The molecular weight excluding hydrogens is 269 g/mol. The lowest BCUT2D eigenvalue weighted by molar-refractivity contribution is -0.137. The summed E-state index contributed by atoms with van der Waals surface area (Å²) in [5.74, 6) is -0.141. The van der Waals surface area contributed by atoms with E-state index in [1.165, 1.54) is 12.1 Å². The molecule has 0 amide bonds. The van der Waals surface area contributed by atoms with E-state index in [2.05, 4.69) is 5.10 Å². The third-order valence-corrected chi connectivity index (χ3v) is 2.82. The second-order valence-corrected chi connectivity index (χ2v) is 4.61. The molecular formula is C14H13F3N2O. The summed E-state index contributed by atoms with van der Waals surface area (Å²) in [6, 6.07) is 4.85. The molecule has 0 spiro atoms. The number of ketones is 1. The zero-order chi connectivity index (χ0) is 14.8. The first-order valence-electron chi connectivity index (χ1n) is 6.00. The Hall–Kier alpha value is -2.11. The Labute approximate surface area is 114 Å². The van der Waals surface area contributed by atoms with Crippen LogP contribution in [-0.4, -0.2) is 15.6 Å². The van der Waals surface area contributed by atoms with Gasteiger partial charge >= 0.3 is 6.18 Å². The molecule has 0 N–H and O–H groups in total. The molecule has 0 saturated heterocycles. The van der Waals surface area contributed by atoms with Crippen molar-refractivity contribution in [3.63, 3.8) is 0 Å². The van der Waals surface area contributed by atoms with Crippen LogP contribution in [0.25, 0.3) is 0 Å². The number of carbonyl (C=O) groups excluding carboxylic acids is 1. The number of hydrogen-bond acceptors (Lipinski definition) is 2. The van der Waals surface area contributed by atoms with Gasteiger partial charge < -0.3 is 0 Å². The zero-order valence-corrected chi connectivity index (χ0v) is 10.8. The van der Waals surface area contributed by atoms with E-state index in [1.54, 1.807) is 24.1 Å². The van der Waals surface area contributed by atoms with Crippen molar-refractivity contribution in [2.24, 2.45) is 7.05 Å². The number of nitrogens with zero attached hydrogens (tertiary/aromatic N) is 2. The standard InChI is InChI=1S/C14H13F3N2O/c1-19-9-11(8-18-19)7-13(20)6-10-3-2-4-12(5-10)14(15,16)17/h2-5,8-9H,6-7H2,1H3. The molecule has 1 aromatic heterocycles. The summed E-state index contributed by atoms with van der Waals surface area (Å²) < 4.78 is 39.3. The van der Waals surface area contributed by atoms with Gasteiger partial charge in [0.15, 0.2) is 0 Å². The van der Waals surface area contributed by atoms with Crippen molar-refractivity contribution >= 4 is 5.78 Å². The topological polar surface area (TPSA) is 34.9 Å². The molecule has 0 unspecified atom stereocenters. The quantitative estimate of drug-likeness (QED) is 0.864. The van der Waals surface area contributed by atoms with Gasteiger partial charge in [-0.15, -0.1) is 0 Å². The Bertz CT molecular complexity index is 617. The van der Waals surface area contributed by atoms with Crippen LogP contribution in [0.2, 0.25) is 0 Å². The van der Waals surface area contributed by atoms with E-state index in [4.69, 9.17) is 0 Å². The van der Waals surface area contributed by atoms with Gasteiger partial charge in [0, 0.05) is 26.1 Å². The van der Waals surface area contributed by atoms with Crippen molar-refractivity contribution in [2.45, 2.75) is 19.0 Å². The van der Waals surface area contributed by atoms with Gasteiger partial charge in [0.25, 0.3) is 0 Å². The average molecular weight is 282 g/mol. The van der Waals surface area contributed by atoms with Crippen LogP contribution in [0.3, 0.4) is 0 Å². The van der Waals surface area contributed by atoms with Gasteiger partial charge in [-0.2, -0.15) is 18.3 Å². The normalized spacial score (nSPS) is 11.6. The summed E-state index contributed by atoms with van der Waals surface area (Å²) in [5, 5.41) is 3.94. The highest BCUT2D eigenvalue weighted by molar-refractivity contribution is 5.83. The molecule has 2 aromatic rings. The second-order valence-electron chi connectivity index (χ2n) is 4.61. The molecule has 0 aliphatic carbocycles. The number of aromatic nitrogens is 2. The van der Waals surface area contributed by atoms with Crippen LogP contribution in [-0.2, 0) is 30.9 Å². The van der Waals surface area contributed by atoms with E-state index in [-0.39, 0.29) is 18.6 Å². The number of alkyl halides is 3. The number of Topliss-reactive ketones (excluding diaryl/α,β-unsaturated/α-hetero) is 1. The second kappa shape index (κ2) is 5.48. The fourth-order valence-corrected chi connectivity index (χ4v) is 1.94. The molecule has 0 fully saturated rings. The molecule has 0 radical (unpaired) electrons. The van der Waals surface area contributed by atoms with Gasteiger partial charge in [-0.1, -0.05) is 18.2 Å². The number of aryl methyl sites for hydroxylation is 1. The Morgan fingerprint density at radius 1 is 1.25 bits per heavy atom. The van der Waals surface area contributed by atoms with Gasteiger partial charge in [-0.25, -0.2) is 0 Å². The molecule has 106 valence electrons. The van der Waals surface area contributed by atoms with Gasteiger partial charge in [0.05, 0.1) is 11.8 Å². The van der Waals surface area contributed by atoms with Crippen LogP contribution >= 0.6 is 0 Å². The minimum Gasteiger partial charge on any atom is -0.299 e. The van der Waals surface area contributed by atoms with E-state index in [0.29, 0.717) is 5.56 Å². The minimum absolute atomic E-state index is 0.0151. The van der Waals surface area contributed by atoms with E-state index in [0.717, 1.165) is 17.7 Å². The summed E-state index contributed by atoms with van der Waals surface area (Å²) in [5.41, 5.74) is 0.391. The lowest BCUT2D eigenvalue weighted by Crippen LogP contribution is -2.09. The number of carbonyl (C=O) groups is 1. The summed E-state index contributed by atoms with van der Waals surface area (Å²) in [7, 11) is 1.74. The fourth-order valence-electron chi connectivity index (χ4n) is 1.94. The molecule has 2 rings (SSSR count). The minimum atomic E-state index is -4.39. The average Bonchev–Trinajstić information content (AvgIpc) is 2.73. The molecule has 0 aliphatic heterocycles. The largest absolute Gasteiger partial charge is 0.416 e. The van der Waals surface area contributed by atoms with E-state index in [1.807, 2.05) is 0 Å². The number of hydrogen-bond donors (Lipinski definition) is 0. The first kappa shape index (κ1) is 14.3. The SMILES string of the molecule is Cn1cc(CC(=O)Cc2cccc(C(F)(F)F)c2)cn1. The van der Waals surface area contributed by atoms with Gasteiger partial charge in [0.2, 0.25) is 0 Å². The van der Waals surface area contributed by atoms with Crippen LogP contribution in [0.15, 0.2) is 36.7 Å². The van der Waals surface area contributed by atoms with Crippen LogP contribution in [0.5, 0.6) is 0 Å². The molecule has 3 nitrogen and oxygen atoms in total. The van der Waals surface area contributed by atoms with Crippen molar-refractivity contribution in [2.75, 3.05) is 0 Å². The summed E-state index contributed by atoms with van der Waals surface area (Å²) >= 11 is 0. The molecule has 0 atom stereocenters. The van der Waals surface area contributed by atoms with Crippen LogP contribution in [0.1, 0.15) is 16.7 Å². The van der Waals surface area contributed by atoms with Crippen molar-refractivity contribution in [3.8, 4) is 0 Å². The van der Waals surface area contributed by atoms with Gasteiger partial charge in [-0.05, 0) is 17.2 Å². The Balaban J connectivity index is 2.04. The van der Waals surface area contributed by atoms with E-state index < -0.39 is 11.7 Å². The monoisotopic (exact) mass is 282 g/mol. The lowest BCUT2D eigenvalue weighted by atomic mass is 10.0. The molecule has 0 aliphatic rings. The molecule has 20 heavy (non-hydrogen) atoms. The Morgan fingerprint density at radius 3 is 2.55 bits per heavy atom. The van der Waals surface area contributed by atoms with E-state index >= 15 is 0 Å². The molecule has 1 aromatic carbocycles. The predicted octanol–water partition coefficient (Wildman–Crippen LogP) is 2.79. The van der Waals surface area contributed by atoms with Gasteiger partial charge in [-0.3, -0.25) is 9.48 Å². The predicted molar refractivity (Wildman–Crippen MR) is 67.1 cm³/mol. The van der Waals surface area contributed by atoms with Crippen LogP contribution in [0, 0.1) is 0 Å². The smallest absolute Gasteiger partial charge is 0.299 e. The first-order chi connectivity index (χ1) is 9.34. The highest BCUT2D eigenvalue weighted by atomic mass is 19.4. The zero-order valence-electron chi connectivity index (χ0n) is 10.8.